The molecule has 0 spiro atoms. The lowest BCUT2D eigenvalue weighted by molar-refractivity contribution is -0.118. The van der Waals surface area contributed by atoms with E-state index in [-0.39, 0.29) is 12.5 Å². The minimum absolute atomic E-state index is 0.112. The molecule has 29 heavy (non-hydrogen) atoms. The molecule has 0 saturated heterocycles. The molecule has 1 unspecified atom stereocenters. The normalized spacial score (nSPS) is 15.5. The van der Waals surface area contributed by atoms with Crippen LogP contribution in [0.4, 0.5) is 5.00 Å². The van der Waals surface area contributed by atoms with Crippen molar-refractivity contribution in [3.8, 4) is 11.8 Å². The average molecular weight is 427 g/mol. The van der Waals surface area contributed by atoms with Gasteiger partial charge in [0.25, 0.3) is 5.91 Å². The second kappa shape index (κ2) is 9.06. The molecule has 0 radical (unpaired) electrons. The van der Waals surface area contributed by atoms with Gasteiger partial charge in [0, 0.05) is 0 Å². The number of aryl methyl sites for hydroxylation is 1. The van der Waals surface area contributed by atoms with E-state index in [2.05, 4.69) is 32.2 Å². The number of hydrogen-bond donors (Lipinski definition) is 1. The van der Waals surface area contributed by atoms with Crippen LogP contribution < -0.4 is 10.1 Å². The van der Waals surface area contributed by atoms with E-state index in [4.69, 9.17) is 17.0 Å². The van der Waals surface area contributed by atoms with Crippen molar-refractivity contribution >= 4 is 34.5 Å². The highest BCUT2D eigenvalue weighted by Gasteiger charge is 2.23. The molecule has 1 aromatic heterocycles. The fourth-order valence-corrected chi connectivity index (χ4v) is 5.25. The molecular formula is C23H26N2O2S2. The van der Waals surface area contributed by atoms with Gasteiger partial charge in [0.1, 0.15) is 16.8 Å². The Morgan fingerprint density at radius 1 is 1.41 bits per heavy atom. The highest BCUT2D eigenvalue weighted by atomic mass is 32.1. The van der Waals surface area contributed by atoms with E-state index in [1.165, 1.54) is 16.9 Å². The van der Waals surface area contributed by atoms with Gasteiger partial charge in [0.05, 0.1) is 9.39 Å². The zero-order chi connectivity index (χ0) is 21.1. The maximum absolute atomic E-state index is 12.5. The van der Waals surface area contributed by atoms with E-state index in [0.717, 1.165) is 39.8 Å². The minimum Gasteiger partial charge on any atom is -0.484 e. The fourth-order valence-electron chi connectivity index (χ4n) is 3.84. The summed E-state index contributed by atoms with van der Waals surface area (Å²) >= 11 is 6.86. The van der Waals surface area contributed by atoms with Crippen LogP contribution in [0, 0.1) is 28.0 Å². The molecule has 4 nitrogen and oxygen atoms in total. The number of nitrogens with zero attached hydrogens (tertiary/aromatic N) is 1. The number of benzene rings is 1. The maximum atomic E-state index is 12.5. The molecule has 1 aromatic carbocycles. The number of amides is 1. The molecule has 152 valence electrons. The molecule has 1 atom stereocenters. The molecule has 2 aromatic rings. The smallest absolute Gasteiger partial charge is 0.262 e. The van der Waals surface area contributed by atoms with Crippen molar-refractivity contribution in [2.24, 2.45) is 5.92 Å². The third-order valence-electron chi connectivity index (χ3n) is 5.37. The Morgan fingerprint density at radius 3 is 2.83 bits per heavy atom. The van der Waals surface area contributed by atoms with Crippen LogP contribution in [0.3, 0.4) is 0 Å². The van der Waals surface area contributed by atoms with Gasteiger partial charge in [-0.25, -0.2) is 0 Å². The first-order chi connectivity index (χ1) is 13.8. The Morgan fingerprint density at radius 2 is 2.17 bits per heavy atom. The monoisotopic (exact) mass is 426 g/mol. The van der Waals surface area contributed by atoms with Crippen molar-refractivity contribution in [3.63, 3.8) is 0 Å². The molecule has 0 saturated carbocycles. The number of anilines is 1. The fraction of sp³-hybridized carbons (Fsp3) is 0.435. The average Bonchev–Trinajstić information content (AvgIpc) is 2.67. The molecule has 1 amide bonds. The van der Waals surface area contributed by atoms with Crippen LogP contribution in [-0.2, 0) is 17.6 Å². The van der Waals surface area contributed by atoms with Gasteiger partial charge >= 0.3 is 0 Å². The predicted molar refractivity (Wildman–Crippen MR) is 120 cm³/mol. The summed E-state index contributed by atoms with van der Waals surface area (Å²) in [6.45, 7) is 8.44. The Hall–Kier alpha value is -2.23. The lowest BCUT2D eigenvalue weighted by atomic mass is 9.85. The van der Waals surface area contributed by atoms with Gasteiger partial charge in [-0.3, -0.25) is 4.79 Å². The van der Waals surface area contributed by atoms with Crippen LogP contribution in [-0.4, -0.2) is 12.5 Å². The molecule has 3 rings (SSSR count). The van der Waals surface area contributed by atoms with Gasteiger partial charge in [0.15, 0.2) is 6.61 Å². The first-order valence-corrected chi connectivity index (χ1v) is 11.1. The molecule has 0 aliphatic heterocycles. The summed E-state index contributed by atoms with van der Waals surface area (Å²) in [5.41, 5.74) is 5.08. The highest BCUT2D eigenvalue weighted by Crippen LogP contribution is 2.36. The number of nitrogens with one attached hydrogen (secondary N) is 1. The number of hydrogen-bond acceptors (Lipinski definition) is 5. The second-order valence-electron chi connectivity index (χ2n) is 8.02. The van der Waals surface area contributed by atoms with Crippen molar-refractivity contribution in [3.05, 3.63) is 49.8 Å². The standard InChI is InChI=1S/C23H26N2O2S2/c1-13(2)17-8-6-16(10-15(17)4)27-12-21(26)25-22-20(11-24)18-7-5-14(3)9-19(18)23(28)29-22/h6,8,10,13-14H,5,7,9,12H2,1-4H3,(H,25,26). The Balaban J connectivity index is 1.73. The first kappa shape index (κ1) is 21.5. The van der Waals surface area contributed by atoms with Crippen LogP contribution in [0.15, 0.2) is 18.2 Å². The van der Waals surface area contributed by atoms with Crippen LogP contribution >= 0.6 is 23.6 Å². The van der Waals surface area contributed by atoms with Crippen molar-refractivity contribution in [1.82, 2.24) is 0 Å². The second-order valence-corrected chi connectivity index (χ2v) is 9.71. The molecule has 0 bridgehead atoms. The van der Waals surface area contributed by atoms with Crippen LogP contribution in [0.1, 0.15) is 60.9 Å². The quantitative estimate of drug-likeness (QED) is 0.603. The minimum atomic E-state index is -0.290. The maximum Gasteiger partial charge on any atom is 0.262 e. The van der Waals surface area contributed by atoms with E-state index in [1.807, 2.05) is 25.1 Å². The number of carbonyl (C=O) groups is 1. The predicted octanol–water partition coefficient (Wildman–Crippen LogP) is 5.92. The number of carbonyl (C=O) groups excluding carboxylic acids is 1. The summed E-state index contributed by atoms with van der Waals surface area (Å²) in [4.78, 5) is 12.5. The lowest BCUT2D eigenvalue weighted by Crippen LogP contribution is -2.21. The van der Waals surface area contributed by atoms with Gasteiger partial charge < -0.3 is 10.1 Å². The summed E-state index contributed by atoms with van der Waals surface area (Å²) in [7, 11) is 0. The van der Waals surface area contributed by atoms with Gasteiger partial charge in [-0.1, -0.05) is 39.1 Å². The largest absolute Gasteiger partial charge is 0.484 e. The van der Waals surface area contributed by atoms with E-state index in [9.17, 15) is 10.1 Å². The van der Waals surface area contributed by atoms with Crippen molar-refractivity contribution in [2.75, 3.05) is 11.9 Å². The molecule has 1 N–H and O–H groups in total. The molecule has 1 aliphatic rings. The summed E-state index contributed by atoms with van der Waals surface area (Å²) < 4.78 is 6.44. The zero-order valence-electron chi connectivity index (χ0n) is 17.3. The van der Waals surface area contributed by atoms with E-state index < -0.39 is 0 Å². The molecule has 1 aliphatic carbocycles. The van der Waals surface area contributed by atoms with Crippen LogP contribution in [0.2, 0.25) is 0 Å². The number of fused-ring (bicyclic) bond motifs is 1. The summed E-state index contributed by atoms with van der Waals surface area (Å²) in [6, 6.07) is 8.16. The molecule has 6 heteroatoms. The molecule has 0 fully saturated rings. The van der Waals surface area contributed by atoms with Crippen molar-refractivity contribution in [2.45, 2.75) is 52.9 Å². The van der Waals surface area contributed by atoms with Gasteiger partial charge in [-0.2, -0.15) is 5.26 Å². The van der Waals surface area contributed by atoms with Crippen LogP contribution in [0.5, 0.6) is 5.75 Å². The van der Waals surface area contributed by atoms with Crippen molar-refractivity contribution < 1.29 is 9.53 Å². The molecule has 1 heterocycles. The topological polar surface area (TPSA) is 62.1 Å². The number of rotatable bonds is 5. The van der Waals surface area contributed by atoms with Gasteiger partial charge in [-0.05, 0) is 72.4 Å². The first-order valence-electron chi connectivity index (χ1n) is 9.92. The zero-order valence-corrected chi connectivity index (χ0v) is 18.9. The summed E-state index contributed by atoms with van der Waals surface area (Å²) in [5.74, 6) is 1.39. The molecular weight excluding hydrogens is 400 g/mol. The van der Waals surface area contributed by atoms with Gasteiger partial charge in [0.2, 0.25) is 0 Å². The third-order valence-corrected chi connectivity index (χ3v) is 6.81. The van der Waals surface area contributed by atoms with E-state index in [0.29, 0.717) is 28.1 Å². The summed E-state index contributed by atoms with van der Waals surface area (Å²) in [5, 5.41) is 13.1. The Labute approximate surface area is 181 Å². The summed E-state index contributed by atoms with van der Waals surface area (Å²) in [6.07, 6.45) is 2.77. The number of ether oxygens (including phenoxy) is 1. The van der Waals surface area contributed by atoms with Gasteiger partial charge in [-0.15, -0.1) is 11.3 Å². The SMILES string of the molecule is Cc1cc(OCC(=O)Nc2sc(=S)c3c(c2C#N)CCC(C)C3)ccc1C(C)C. The highest BCUT2D eigenvalue weighted by molar-refractivity contribution is 7.73. The van der Waals surface area contributed by atoms with E-state index in [1.54, 1.807) is 0 Å². The third kappa shape index (κ3) is 4.85. The lowest BCUT2D eigenvalue weighted by Gasteiger charge is -2.23. The Bertz CT molecular complexity index is 1030. The number of nitriles is 1. The van der Waals surface area contributed by atoms with Crippen LogP contribution in [0.25, 0.3) is 0 Å². The van der Waals surface area contributed by atoms with E-state index >= 15 is 0 Å². The van der Waals surface area contributed by atoms with Crippen molar-refractivity contribution in [1.29, 1.82) is 5.26 Å². The Kier molecular flexibility index (Phi) is 6.71.